The van der Waals surface area contributed by atoms with E-state index in [1.165, 1.54) is 10.4 Å². The second-order valence-electron chi connectivity index (χ2n) is 4.90. The minimum atomic E-state index is -0.503. The van der Waals surface area contributed by atoms with Crippen molar-refractivity contribution in [2.45, 2.75) is 31.3 Å². The Morgan fingerprint density at radius 1 is 1.47 bits per heavy atom. The molecule has 19 heavy (non-hydrogen) atoms. The number of hydrogen-bond donors (Lipinski definition) is 1. The molecule has 1 N–H and O–H groups in total. The van der Waals surface area contributed by atoms with E-state index in [0.29, 0.717) is 5.75 Å². The third kappa shape index (κ3) is 2.38. The molecule has 0 amide bonds. The first-order valence-electron chi connectivity index (χ1n) is 6.53. The fourth-order valence-electron chi connectivity index (χ4n) is 2.79. The van der Waals surface area contributed by atoms with Crippen LogP contribution in [0.3, 0.4) is 0 Å². The summed E-state index contributed by atoms with van der Waals surface area (Å²) < 4.78 is 5.18. The van der Waals surface area contributed by atoms with Crippen LogP contribution in [0.15, 0.2) is 29.9 Å². The number of aryl methyl sites for hydroxylation is 1. The van der Waals surface area contributed by atoms with E-state index in [2.05, 4.69) is 16.4 Å². The predicted molar refractivity (Wildman–Crippen MR) is 75.7 cm³/mol. The van der Waals surface area contributed by atoms with Gasteiger partial charge < -0.3 is 9.84 Å². The van der Waals surface area contributed by atoms with E-state index in [9.17, 15) is 5.11 Å². The largest absolute Gasteiger partial charge is 0.495 e. The van der Waals surface area contributed by atoms with Crippen LogP contribution in [-0.4, -0.2) is 17.2 Å². The summed E-state index contributed by atoms with van der Waals surface area (Å²) in [6.07, 6.45) is 6.21. The average Bonchev–Trinajstić information content (AvgIpc) is 2.95. The fourth-order valence-corrected chi connectivity index (χ4v) is 3.79. The minimum Gasteiger partial charge on any atom is -0.495 e. The first kappa shape index (κ1) is 12.6. The van der Waals surface area contributed by atoms with Gasteiger partial charge in [0, 0.05) is 22.6 Å². The summed E-state index contributed by atoms with van der Waals surface area (Å²) in [7, 11) is 1.62. The number of rotatable bonds is 3. The van der Waals surface area contributed by atoms with E-state index in [0.717, 1.165) is 24.8 Å². The molecule has 2 aromatic heterocycles. The van der Waals surface area contributed by atoms with Gasteiger partial charge in [0.1, 0.15) is 5.75 Å². The quantitative estimate of drug-likeness (QED) is 0.934. The lowest BCUT2D eigenvalue weighted by molar-refractivity contribution is 0.135. The Labute approximate surface area is 116 Å². The Bertz CT molecular complexity index is 567. The van der Waals surface area contributed by atoms with Crippen molar-refractivity contribution < 1.29 is 9.84 Å². The summed E-state index contributed by atoms with van der Waals surface area (Å²) in [5.74, 6) is 0.877. The van der Waals surface area contributed by atoms with E-state index >= 15 is 0 Å². The normalized spacial score (nSPS) is 19.8. The van der Waals surface area contributed by atoms with Gasteiger partial charge in [-0.3, -0.25) is 4.98 Å². The summed E-state index contributed by atoms with van der Waals surface area (Å²) in [6.45, 7) is 0. The minimum absolute atomic E-state index is 0.184. The molecule has 100 valence electrons. The topological polar surface area (TPSA) is 42.4 Å². The van der Waals surface area contributed by atoms with Gasteiger partial charge in [-0.2, -0.15) is 0 Å². The Kier molecular flexibility index (Phi) is 3.53. The lowest BCUT2D eigenvalue weighted by atomic mass is 9.82. The summed E-state index contributed by atoms with van der Waals surface area (Å²) in [4.78, 5) is 5.55. The summed E-state index contributed by atoms with van der Waals surface area (Å²) in [6, 6.07) is 4.03. The molecule has 0 radical (unpaired) electrons. The van der Waals surface area contributed by atoms with Crippen molar-refractivity contribution in [3.63, 3.8) is 0 Å². The van der Waals surface area contributed by atoms with Crippen LogP contribution in [0.5, 0.6) is 5.75 Å². The first-order valence-corrected chi connectivity index (χ1v) is 7.41. The monoisotopic (exact) mass is 275 g/mol. The van der Waals surface area contributed by atoms with Gasteiger partial charge >= 0.3 is 0 Å². The van der Waals surface area contributed by atoms with Gasteiger partial charge in [0.05, 0.1) is 19.4 Å². The van der Waals surface area contributed by atoms with Crippen LogP contribution in [0.2, 0.25) is 0 Å². The van der Waals surface area contributed by atoms with E-state index in [4.69, 9.17) is 4.74 Å². The van der Waals surface area contributed by atoms with E-state index < -0.39 is 6.10 Å². The molecule has 0 saturated heterocycles. The highest BCUT2D eigenvalue weighted by Crippen LogP contribution is 2.42. The number of pyridine rings is 1. The summed E-state index contributed by atoms with van der Waals surface area (Å²) in [5.41, 5.74) is 2.15. The standard InChI is InChI=1S/C15H17NO2S/c1-18-11-7-10(8-16-9-11)15(17)13-3-2-4-14-12(13)5-6-19-14/h5-9,13,15,17H,2-4H2,1H3. The highest BCUT2D eigenvalue weighted by Gasteiger charge is 2.28. The van der Waals surface area contributed by atoms with Gasteiger partial charge in [-0.15, -0.1) is 11.3 Å². The van der Waals surface area contributed by atoms with Crippen LogP contribution in [0.1, 0.15) is 40.9 Å². The summed E-state index contributed by atoms with van der Waals surface area (Å²) in [5, 5.41) is 12.8. The van der Waals surface area contributed by atoms with Gasteiger partial charge in [-0.25, -0.2) is 0 Å². The van der Waals surface area contributed by atoms with E-state index in [-0.39, 0.29) is 5.92 Å². The molecule has 1 aliphatic rings. The number of nitrogens with zero attached hydrogens (tertiary/aromatic N) is 1. The second kappa shape index (κ2) is 5.31. The number of ether oxygens (including phenoxy) is 1. The number of aliphatic hydroxyl groups is 1. The van der Waals surface area contributed by atoms with E-state index in [1.807, 2.05) is 6.07 Å². The molecule has 0 fully saturated rings. The van der Waals surface area contributed by atoms with Crippen molar-refractivity contribution in [2.75, 3.05) is 7.11 Å². The zero-order valence-corrected chi connectivity index (χ0v) is 11.7. The predicted octanol–water partition coefficient (Wildman–Crippen LogP) is 3.31. The molecule has 2 heterocycles. The van der Waals surface area contributed by atoms with Crippen LogP contribution in [0, 0.1) is 0 Å². The number of methoxy groups -OCH3 is 1. The molecule has 0 aromatic carbocycles. The molecule has 3 rings (SSSR count). The molecule has 4 heteroatoms. The Hall–Kier alpha value is -1.39. The van der Waals surface area contributed by atoms with Crippen LogP contribution in [-0.2, 0) is 6.42 Å². The van der Waals surface area contributed by atoms with Crippen LogP contribution < -0.4 is 4.74 Å². The molecular formula is C15H17NO2S. The smallest absolute Gasteiger partial charge is 0.137 e. The molecule has 1 aliphatic carbocycles. The summed E-state index contributed by atoms with van der Waals surface area (Å²) >= 11 is 1.80. The maximum absolute atomic E-state index is 10.6. The molecule has 3 nitrogen and oxygen atoms in total. The van der Waals surface area contributed by atoms with Crippen LogP contribution in [0.4, 0.5) is 0 Å². The molecule has 0 bridgehead atoms. The number of hydrogen-bond acceptors (Lipinski definition) is 4. The van der Waals surface area contributed by atoms with Crippen molar-refractivity contribution in [1.82, 2.24) is 4.98 Å². The Balaban J connectivity index is 1.90. The third-order valence-electron chi connectivity index (χ3n) is 3.79. The van der Waals surface area contributed by atoms with Crippen molar-refractivity contribution in [2.24, 2.45) is 0 Å². The molecule has 2 aromatic rings. The van der Waals surface area contributed by atoms with Crippen LogP contribution in [0.25, 0.3) is 0 Å². The maximum atomic E-state index is 10.6. The average molecular weight is 275 g/mol. The van der Waals surface area contributed by atoms with Crippen molar-refractivity contribution in [1.29, 1.82) is 0 Å². The molecule has 0 aliphatic heterocycles. The van der Waals surface area contributed by atoms with Gasteiger partial charge in [0.25, 0.3) is 0 Å². The van der Waals surface area contributed by atoms with Crippen molar-refractivity contribution in [3.8, 4) is 5.75 Å². The zero-order valence-electron chi connectivity index (χ0n) is 10.9. The van der Waals surface area contributed by atoms with Gasteiger partial charge in [0.15, 0.2) is 0 Å². The number of thiophene rings is 1. The fraction of sp³-hybridized carbons (Fsp3) is 0.400. The molecule has 2 unspecified atom stereocenters. The SMILES string of the molecule is COc1cncc(C(O)C2CCCc3sccc32)c1. The first-order chi connectivity index (χ1) is 9.29. The highest BCUT2D eigenvalue weighted by atomic mass is 32.1. The molecule has 0 spiro atoms. The van der Waals surface area contributed by atoms with Crippen molar-refractivity contribution >= 4 is 11.3 Å². The Morgan fingerprint density at radius 2 is 2.37 bits per heavy atom. The Morgan fingerprint density at radius 3 is 3.21 bits per heavy atom. The third-order valence-corrected chi connectivity index (χ3v) is 4.79. The van der Waals surface area contributed by atoms with Gasteiger partial charge in [-0.1, -0.05) is 0 Å². The van der Waals surface area contributed by atoms with Crippen LogP contribution >= 0.6 is 11.3 Å². The van der Waals surface area contributed by atoms with E-state index in [1.54, 1.807) is 30.8 Å². The molecule has 0 saturated carbocycles. The van der Waals surface area contributed by atoms with Gasteiger partial charge in [-0.05, 0) is 42.3 Å². The molecular weight excluding hydrogens is 258 g/mol. The highest BCUT2D eigenvalue weighted by molar-refractivity contribution is 7.10. The van der Waals surface area contributed by atoms with Crippen molar-refractivity contribution in [3.05, 3.63) is 45.9 Å². The number of aliphatic hydroxyl groups excluding tert-OH is 1. The molecule has 2 atom stereocenters. The van der Waals surface area contributed by atoms with Gasteiger partial charge in [0.2, 0.25) is 0 Å². The lowest BCUT2D eigenvalue weighted by Gasteiger charge is -2.27. The number of aromatic nitrogens is 1. The zero-order chi connectivity index (χ0) is 13.2. The lowest BCUT2D eigenvalue weighted by Crippen LogP contribution is -2.15. The second-order valence-corrected chi connectivity index (χ2v) is 5.90. The maximum Gasteiger partial charge on any atom is 0.137 e. The number of fused-ring (bicyclic) bond motifs is 1.